The predicted octanol–water partition coefficient (Wildman–Crippen LogP) is 1.52. The Bertz CT molecular complexity index is 771. The van der Waals surface area contributed by atoms with E-state index in [9.17, 15) is 9.59 Å². The van der Waals surface area contributed by atoms with E-state index in [1.807, 2.05) is 42.0 Å². The maximum atomic E-state index is 12.4. The van der Waals surface area contributed by atoms with Crippen molar-refractivity contribution in [3.8, 4) is 0 Å². The summed E-state index contributed by atoms with van der Waals surface area (Å²) in [5.41, 5.74) is 1.63. The van der Waals surface area contributed by atoms with E-state index in [4.69, 9.17) is 9.47 Å². The van der Waals surface area contributed by atoms with Crippen LogP contribution in [0.3, 0.4) is 0 Å². The van der Waals surface area contributed by atoms with Crippen LogP contribution in [0.1, 0.15) is 13.8 Å². The largest absolute Gasteiger partial charge is 0.465 e. The molecule has 134 valence electrons. The Hall–Kier alpha value is -2.38. The molecule has 7 heteroatoms. The molecule has 1 aromatic carbocycles. The molecule has 2 heterocycles. The van der Waals surface area contributed by atoms with Crippen LogP contribution in [-0.4, -0.2) is 48.3 Å². The molecule has 25 heavy (non-hydrogen) atoms. The zero-order valence-electron chi connectivity index (χ0n) is 14.5. The van der Waals surface area contributed by atoms with Gasteiger partial charge in [0.1, 0.15) is 12.6 Å². The van der Waals surface area contributed by atoms with Gasteiger partial charge in [0, 0.05) is 29.3 Å². The highest BCUT2D eigenvalue weighted by molar-refractivity contribution is 5.97. The van der Waals surface area contributed by atoms with Crippen LogP contribution in [-0.2, 0) is 25.6 Å². The third-order valence-corrected chi connectivity index (χ3v) is 4.24. The minimum Gasteiger partial charge on any atom is -0.465 e. The third-order valence-electron chi connectivity index (χ3n) is 4.24. The Labute approximate surface area is 146 Å². The van der Waals surface area contributed by atoms with E-state index in [0.29, 0.717) is 25.4 Å². The van der Waals surface area contributed by atoms with Crippen LogP contribution in [0.15, 0.2) is 30.5 Å². The Morgan fingerprint density at radius 1 is 1.40 bits per heavy atom. The van der Waals surface area contributed by atoms with Crippen molar-refractivity contribution in [2.24, 2.45) is 0 Å². The van der Waals surface area contributed by atoms with Crippen molar-refractivity contribution in [3.63, 3.8) is 0 Å². The highest BCUT2D eigenvalue weighted by atomic mass is 16.5. The first-order chi connectivity index (χ1) is 12.1. The number of anilines is 1. The van der Waals surface area contributed by atoms with Crippen molar-refractivity contribution in [1.82, 2.24) is 9.88 Å². The van der Waals surface area contributed by atoms with Gasteiger partial charge >= 0.3 is 5.97 Å². The zero-order chi connectivity index (χ0) is 17.8. The van der Waals surface area contributed by atoms with Crippen molar-refractivity contribution in [1.29, 1.82) is 0 Å². The van der Waals surface area contributed by atoms with Crippen LogP contribution in [0.25, 0.3) is 10.9 Å². The second-order valence-corrected chi connectivity index (χ2v) is 6.02. The molecule has 1 fully saturated rings. The molecule has 1 aliphatic rings. The van der Waals surface area contributed by atoms with E-state index in [2.05, 4.69) is 10.6 Å². The van der Waals surface area contributed by atoms with Gasteiger partial charge in [0.05, 0.1) is 19.3 Å². The molecular formula is C18H23N3O4. The van der Waals surface area contributed by atoms with Gasteiger partial charge in [-0.3, -0.25) is 9.59 Å². The summed E-state index contributed by atoms with van der Waals surface area (Å²) in [6.07, 6.45) is 1.68. The van der Waals surface area contributed by atoms with Crippen molar-refractivity contribution >= 4 is 28.5 Å². The van der Waals surface area contributed by atoms with Gasteiger partial charge in [-0.15, -0.1) is 0 Å². The smallest absolute Gasteiger partial charge is 0.325 e. The molecular weight excluding hydrogens is 322 g/mol. The van der Waals surface area contributed by atoms with E-state index in [1.54, 1.807) is 6.92 Å². The Morgan fingerprint density at radius 2 is 2.24 bits per heavy atom. The second kappa shape index (κ2) is 7.67. The van der Waals surface area contributed by atoms with Gasteiger partial charge in [-0.25, -0.2) is 0 Å². The van der Waals surface area contributed by atoms with Crippen LogP contribution in [0, 0.1) is 0 Å². The number of hydrogen-bond donors (Lipinski definition) is 2. The van der Waals surface area contributed by atoms with Crippen molar-refractivity contribution < 1.29 is 19.1 Å². The number of ether oxygens (including phenoxy) is 2. The molecule has 1 saturated heterocycles. The van der Waals surface area contributed by atoms with Crippen LogP contribution >= 0.6 is 0 Å². The summed E-state index contributed by atoms with van der Waals surface area (Å²) in [6.45, 7) is 5.49. The molecule has 7 nitrogen and oxygen atoms in total. The maximum absolute atomic E-state index is 12.4. The fourth-order valence-corrected chi connectivity index (χ4v) is 3.01. The number of carbonyl (C=O) groups is 2. The summed E-state index contributed by atoms with van der Waals surface area (Å²) in [5.74, 6) is -0.382. The molecule has 0 aliphatic carbocycles. The van der Waals surface area contributed by atoms with Gasteiger partial charge in [0.2, 0.25) is 5.91 Å². The average molecular weight is 345 g/mol. The van der Waals surface area contributed by atoms with Gasteiger partial charge in [-0.2, -0.15) is 0 Å². The minimum atomic E-state index is -0.363. The van der Waals surface area contributed by atoms with Crippen LogP contribution < -0.4 is 10.6 Å². The molecule has 0 saturated carbocycles. The molecule has 0 radical (unpaired) electrons. The topological polar surface area (TPSA) is 81.6 Å². The molecule has 0 spiro atoms. The van der Waals surface area contributed by atoms with E-state index >= 15 is 0 Å². The third kappa shape index (κ3) is 4.00. The summed E-state index contributed by atoms with van der Waals surface area (Å²) in [6, 6.07) is 7.16. The maximum Gasteiger partial charge on any atom is 0.325 e. The summed E-state index contributed by atoms with van der Waals surface area (Å²) < 4.78 is 12.3. The van der Waals surface area contributed by atoms with Gasteiger partial charge < -0.3 is 24.7 Å². The second-order valence-electron chi connectivity index (χ2n) is 6.02. The van der Waals surface area contributed by atoms with Crippen molar-refractivity contribution in [2.75, 3.05) is 25.1 Å². The molecule has 2 atom stereocenters. The summed E-state index contributed by atoms with van der Waals surface area (Å²) >= 11 is 0. The lowest BCUT2D eigenvalue weighted by molar-refractivity contribution is -0.143. The van der Waals surface area contributed by atoms with Crippen LogP contribution in [0.2, 0.25) is 0 Å². The zero-order valence-corrected chi connectivity index (χ0v) is 14.5. The first-order valence-corrected chi connectivity index (χ1v) is 8.49. The number of esters is 1. The lowest BCUT2D eigenvalue weighted by atomic mass is 10.1. The average Bonchev–Trinajstić information content (AvgIpc) is 2.97. The first-order valence-electron chi connectivity index (χ1n) is 8.49. The normalized spacial score (nSPS) is 20.4. The molecule has 0 bridgehead atoms. The van der Waals surface area contributed by atoms with E-state index in [-0.39, 0.29) is 30.6 Å². The summed E-state index contributed by atoms with van der Waals surface area (Å²) in [5, 5.41) is 7.04. The number of benzene rings is 1. The minimum absolute atomic E-state index is 0.113. The number of aromatic nitrogens is 1. The number of rotatable bonds is 5. The van der Waals surface area contributed by atoms with Gasteiger partial charge in [-0.05, 0) is 38.1 Å². The Balaban J connectivity index is 1.71. The lowest BCUT2D eigenvalue weighted by Crippen LogP contribution is -2.53. The fraction of sp³-hybridized carbons (Fsp3) is 0.444. The highest BCUT2D eigenvalue weighted by Gasteiger charge is 2.28. The Morgan fingerprint density at radius 3 is 3.00 bits per heavy atom. The Kier molecular flexibility index (Phi) is 5.35. The number of fused-ring (bicyclic) bond motifs is 1. The fourth-order valence-electron chi connectivity index (χ4n) is 3.01. The predicted molar refractivity (Wildman–Crippen MR) is 94.4 cm³/mol. The van der Waals surface area contributed by atoms with Gasteiger partial charge in [0.25, 0.3) is 0 Å². The number of nitrogens with one attached hydrogen (secondary N) is 2. The van der Waals surface area contributed by atoms with E-state index in [1.165, 1.54) is 0 Å². The first kappa shape index (κ1) is 17.4. The monoisotopic (exact) mass is 345 g/mol. The molecule has 1 aliphatic heterocycles. The summed E-state index contributed by atoms with van der Waals surface area (Å²) in [7, 11) is 0. The van der Waals surface area contributed by atoms with Crippen molar-refractivity contribution in [3.05, 3.63) is 30.5 Å². The standard InChI is InChI=1S/C18H23N3O4/c1-3-24-16(22)11-21-8-6-13-10-14(4-5-15(13)21)20-18(23)17-12(2)25-9-7-19-17/h4-6,8,10,12,17,19H,3,7,9,11H2,1-2H3,(H,20,23)/t12-,17+/m1/s1. The lowest BCUT2D eigenvalue weighted by Gasteiger charge is -2.29. The van der Waals surface area contributed by atoms with Crippen molar-refractivity contribution in [2.45, 2.75) is 32.5 Å². The molecule has 1 aromatic heterocycles. The van der Waals surface area contributed by atoms with Gasteiger partial charge in [-0.1, -0.05) is 0 Å². The quantitative estimate of drug-likeness (QED) is 0.803. The number of hydrogen-bond acceptors (Lipinski definition) is 5. The van der Waals surface area contributed by atoms with E-state index < -0.39 is 0 Å². The highest BCUT2D eigenvalue weighted by Crippen LogP contribution is 2.21. The number of amides is 1. The molecule has 1 amide bonds. The van der Waals surface area contributed by atoms with E-state index in [0.717, 1.165) is 10.9 Å². The van der Waals surface area contributed by atoms with Crippen LogP contribution in [0.4, 0.5) is 5.69 Å². The molecule has 3 rings (SSSR count). The number of carbonyl (C=O) groups excluding carboxylic acids is 2. The number of nitrogens with zero attached hydrogens (tertiary/aromatic N) is 1. The molecule has 2 N–H and O–H groups in total. The molecule has 0 unspecified atom stereocenters. The van der Waals surface area contributed by atoms with Gasteiger partial charge in [0.15, 0.2) is 0 Å². The SMILES string of the molecule is CCOC(=O)Cn1ccc2cc(NC(=O)[C@H]3NCCO[C@@H]3C)ccc21. The van der Waals surface area contributed by atoms with Crippen LogP contribution in [0.5, 0.6) is 0 Å². The molecule has 2 aromatic rings. The number of morpholine rings is 1. The summed E-state index contributed by atoms with van der Waals surface area (Å²) in [4.78, 5) is 24.1.